The van der Waals surface area contributed by atoms with E-state index in [9.17, 15) is 9.59 Å². The number of methoxy groups -OCH3 is 1. The number of carboxylic acid groups (broad SMARTS) is 1. The molecule has 2 N–H and O–H groups in total. The fraction of sp³-hybridized carbons (Fsp3) is 0.800. The van der Waals surface area contributed by atoms with Crippen molar-refractivity contribution >= 4 is 11.9 Å². The van der Waals surface area contributed by atoms with Crippen LogP contribution in [0.4, 0.5) is 0 Å². The van der Waals surface area contributed by atoms with E-state index in [1.165, 1.54) is 7.11 Å². The van der Waals surface area contributed by atoms with Gasteiger partial charge in [-0.1, -0.05) is 0 Å². The van der Waals surface area contributed by atoms with Crippen molar-refractivity contribution in [1.82, 2.24) is 0 Å². The number of hydrogen-bond acceptors (Lipinski definition) is 4. The molecule has 1 saturated carbocycles. The van der Waals surface area contributed by atoms with Gasteiger partial charge in [0.1, 0.15) is 0 Å². The molecule has 5 heteroatoms. The fourth-order valence-electron chi connectivity index (χ4n) is 1.74. The van der Waals surface area contributed by atoms with Gasteiger partial charge in [0.2, 0.25) is 0 Å². The van der Waals surface area contributed by atoms with E-state index in [1.54, 1.807) is 0 Å². The SMILES string of the molecule is CO.COC(=O)C1CCC(C(=O)O)CC1. The molecule has 0 bridgehead atoms. The number of hydrogen-bond donors (Lipinski definition) is 2. The Morgan fingerprint density at radius 1 is 1.07 bits per heavy atom. The van der Waals surface area contributed by atoms with Crippen molar-refractivity contribution in [3.63, 3.8) is 0 Å². The van der Waals surface area contributed by atoms with Crippen LogP contribution in [-0.2, 0) is 14.3 Å². The molecule has 0 radical (unpaired) electrons. The molecule has 0 aromatic rings. The van der Waals surface area contributed by atoms with Gasteiger partial charge in [0, 0.05) is 7.11 Å². The summed E-state index contributed by atoms with van der Waals surface area (Å²) in [7, 11) is 2.37. The van der Waals surface area contributed by atoms with Gasteiger partial charge in [0.05, 0.1) is 18.9 Å². The Kier molecular flexibility index (Phi) is 6.70. The molecule has 15 heavy (non-hydrogen) atoms. The van der Waals surface area contributed by atoms with Gasteiger partial charge in [-0.25, -0.2) is 0 Å². The van der Waals surface area contributed by atoms with Gasteiger partial charge in [0.15, 0.2) is 0 Å². The molecule has 88 valence electrons. The Balaban J connectivity index is 0.000000921. The molecule has 0 saturated heterocycles. The summed E-state index contributed by atoms with van der Waals surface area (Å²) in [4.78, 5) is 21.7. The molecule has 0 amide bonds. The van der Waals surface area contributed by atoms with Gasteiger partial charge in [-0.3, -0.25) is 9.59 Å². The highest BCUT2D eigenvalue weighted by atomic mass is 16.5. The van der Waals surface area contributed by atoms with Crippen molar-refractivity contribution in [2.45, 2.75) is 25.7 Å². The van der Waals surface area contributed by atoms with Crippen LogP contribution in [-0.4, -0.2) is 36.4 Å². The summed E-state index contributed by atoms with van der Waals surface area (Å²) < 4.78 is 4.60. The van der Waals surface area contributed by atoms with Crippen molar-refractivity contribution < 1.29 is 24.5 Å². The van der Waals surface area contributed by atoms with Crippen LogP contribution in [0.3, 0.4) is 0 Å². The second-order valence-corrected chi connectivity index (χ2v) is 3.41. The zero-order valence-electron chi connectivity index (χ0n) is 9.10. The van der Waals surface area contributed by atoms with Crippen molar-refractivity contribution in [3.05, 3.63) is 0 Å². The van der Waals surface area contributed by atoms with Crippen LogP contribution in [0.1, 0.15) is 25.7 Å². The van der Waals surface area contributed by atoms with Crippen molar-refractivity contribution in [1.29, 1.82) is 0 Å². The average Bonchev–Trinajstić information content (AvgIpc) is 2.31. The first-order chi connectivity index (χ1) is 7.15. The topological polar surface area (TPSA) is 83.8 Å². The molecule has 1 fully saturated rings. The third-order valence-electron chi connectivity index (χ3n) is 2.61. The first-order valence-electron chi connectivity index (χ1n) is 4.90. The van der Waals surface area contributed by atoms with E-state index < -0.39 is 5.97 Å². The lowest BCUT2D eigenvalue weighted by Crippen LogP contribution is -2.26. The first-order valence-corrected chi connectivity index (χ1v) is 4.90. The minimum absolute atomic E-state index is 0.0828. The lowest BCUT2D eigenvalue weighted by atomic mass is 9.82. The standard InChI is InChI=1S/C9H14O4.CH4O/c1-13-9(12)7-4-2-6(3-5-7)8(10)11;1-2/h6-7H,2-5H2,1H3,(H,10,11);2H,1H3. The number of carboxylic acids is 1. The number of esters is 1. The average molecular weight is 218 g/mol. The molecule has 0 heterocycles. The number of rotatable bonds is 2. The molecule has 1 aliphatic rings. The van der Waals surface area contributed by atoms with E-state index in [0.29, 0.717) is 25.7 Å². The summed E-state index contributed by atoms with van der Waals surface area (Å²) >= 11 is 0. The molecule has 1 aliphatic carbocycles. The number of aliphatic hydroxyl groups excluding tert-OH is 1. The van der Waals surface area contributed by atoms with Gasteiger partial charge in [-0.15, -0.1) is 0 Å². The normalized spacial score (nSPS) is 24.7. The minimum atomic E-state index is -0.747. The molecule has 1 rings (SSSR count). The summed E-state index contributed by atoms with van der Waals surface area (Å²) in [6, 6.07) is 0. The molecule has 0 spiro atoms. The quantitative estimate of drug-likeness (QED) is 0.665. The summed E-state index contributed by atoms with van der Waals surface area (Å²) in [6.45, 7) is 0. The van der Waals surface area contributed by atoms with Gasteiger partial charge in [-0.05, 0) is 25.7 Å². The maximum Gasteiger partial charge on any atom is 0.308 e. The van der Waals surface area contributed by atoms with Crippen molar-refractivity contribution in [3.8, 4) is 0 Å². The molecule has 0 unspecified atom stereocenters. The highest BCUT2D eigenvalue weighted by molar-refractivity contribution is 5.74. The van der Waals surface area contributed by atoms with Crippen molar-refractivity contribution in [2.75, 3.05) is 14.2 Å². The largest absolute Gasteiger partial charge is 0.481 e. The van der Waals surface area contributed by atoms with Gasteiger partial charge in [0.25, 0.3) is 0 Å². The Bertz CT molecular complexity index is 206. The third-order valence-corrected chi connectivity index (χ3v) is 2.61. The van der Waals surface area contributed by atoms with E-state index in [0.717, 1.165) is 7.11 Å². The molecule has 0 aromatic heterocycles. The van der Waals surface area contributed by atoms with Crippen LogP contribution >= 0.6 is 0 Å². The lowest BCUT2D eigenvalue weighted by molar-refractivity contribution is -0.150. The van der Waals surface area contributed by atoms with Gasteiger partial charge in [-0.2, -0.15) is 0 Å². The van der Waals surface area contributed by atoms with E-state index in [2.05, 4.69) is 4.74 Å². The van der Waals surface area contributed by atoms with Gasteiger partial charge < -0.3 is 14.9 Å². The lowest BCUT2D eigenvalue weighted by Gasteiger charge is -2.23. The summed E-state index contributed by atoms with van der Waals surface area (Å²) in [6.07, 6.45) is 2.47. The second kappa shape index (κ2) is 7.23. The maximum atomic E-state index is 11.1. The number of aliphatic hydroxyl groups is 1. The molecule has 0 aromatic carbocycles. The Morgan fingerprint density at radius 2 is 1.47 bits per heavy atom. The van der Waals surface area contributed by atoms with Crippen LogP contribution < -0.4 is 0 Å². The number of carbonyl (C=O) groups is 2. The molecule has 5 nitrogen and oxygen atoms in total. The Hall–Kier alpha value is -1.10. The van der Waals surface area contributed by atoms with Crippen LogP contribution in [0.25, 0.3) is 0 Å². The first kappa shape index (κ1) is 13.9. The van der Waals surface area contributed by atoms with Crippen LogP contribution in [0, 0.1) is 11.8 Å². The highest BCUT2D eigenvalue weighted by Crippen LogP contribution is 2.29. The summed E-state index contributed by atoms with van der Waals surface area (Å²) in [5.41, 5.74) is 0. The van der Waals surface area contributed by atoms with E-state index >= 15 is 0 Å². The Labute approximate surface area is 89.0 Å². The summed E-state index contributed by atoms with van der Waals surface area (Å²) in [5.74, 6) is -1.30. The molecule has 0 atom stereocenters. The monoisotopic (exact) mass is 218 g/mol. The smallest absolute Gasteiger partial charge is 0.308 e. The van der Waals surface area contributed by atoms with E-state index in [1.807, 2.05) is 0 Å². The zero-order valence-corrected chi connectivity index (χ0v) is 9.10. The van der Waals surface area contributed by atoms with E-state index in [-0.39, 0.29) is 17.8 Å². The number of carbonyl (C=O) groups excluding carboxylic acids is 1. The maximum absolute atomic E-state index is 11.1. The Morgan fingerprint density at radius 3 is 1.80 bits per heavy atom. The number of aliphatic carboxylic acids is 1. The molecule has 0 aliphatic heterocycles. The predicted octanol–water partition coefficient (Wildman–Crippen LogP) is 0.659. The molecular weight excluding hydrogens is 200 g/mol. The highest BCUT2D eigenvalue weighted by Gasteiger charge is 2.29. The van der Waals surface area contributed by atoms with Crippen LogP contribution in [0.2, 0.25) is 0 Å². The summed E-state index contributed by atoms with van der Waals surface area (Å²) in [5, 5.41) is 15.7. The third kappa shape index (κ3) is 4.29. The fourth-order valence-corrected chi connectivity index (χ4v) is 1.74. The van der Waals surface area contributed by atoms with E-state index in [4.69, 9.17) is 10.2 Å². The van der Waals surface area contributed by atoms with Crippen molar-refractivity contribution in [2.24, 2.45) is 11.8 Å². The zero-order chi connectivity index (χ0) is 11.8. The van der Waals surface area contributed by atoms with Crippen LogP contribution in [0.5, 0.6) is 0 Å². The second-order valence-electron chi connectivity index (χ2n) is 3.41. The predicted molar refractivity (Wildman–Crippen MR) is 53.2 cm³/mol. The van der Waals surface area contributed by atoms with Crippen LogP contribution in [0.15, 0.2) is 0 Å². The minimum Gasteiger partial charge on any atom is -0.481 e. The molecular formula is C10H18O5. The number of ether oxygens (including phenoxy) is 1. The van der Waals surface area contributed by atoms with Gasteiger partial charge >= 0.3 is 11.9 Å².